The third-order valence-electron chi connectivity index (χ3n) is 5.74. The van der Waals surface area contributed by atoms with Crippen LogP contribution in [-0.4, -0.2) is 55.6 Å². The van der Waals surface area contributed by atoms with Gasteiger partial charge in [0, 0.05) is 36.6 Å². The Morgan fingerprint density at radius 2 is 1.54 bits per heavy atom. The van der Waals surface area contributed by atoms with Crippen LogP contribution in [0.3, 0.4) is 0 Å². The molecular formula is C27H29Cl2N3O4S. The predicted octanol–water partition coefficient (Wildman–Crippen LogP) is 4.39. The molecule has 1 atom stereocenters. The van der Waals surface area contributed by atoms with Crippen molar-refractivity contribution >= 4 is 45.0 Å². The zero-order valence-corrected chi connectivity index (χ0v) is 22.9. The molecule has 3 aromatic carbocycles. The average Bonchev–Trinajstić information content (AvgIpc) is 2.87. The van der Waals surface area contributed by atoms with Gasteiger partial charge in [0.2, 0.25) is 21.8 Å². The molecule has 0 aliphatic rings. The molecule has 2 amide bonds. The lowest BCUT2D eigenvalue weighted by Gasteiger charge is -2.32. The lowest BCUT2D eigenvalue weighted by atomic mass is 10.0. The molecule has 196 valence electrons. The topological polar surface area (TPSA) is 86.8 Å². The maximum Gasteiger partial charge on any atom is 0.243 e. The number of likely N-dealkylation sites (N-methyl/N-ethyl adjacent to an activating group) is 2. The molecule has 0 heterocycles. The molecule has 10 heteroatoms. The summed E-state index contributed by atoms with van der Waals surface area (Å²) in [6, 6.07) is 21.2. The van der Waals surface area contributed by atoms with E-state index in [0.717, 1.165) is 9.87 Å². The van der Waals surface area contributed by atoms with E-state index in [9.17, 15) is 18.0 Å². The maximum atomic E-state index is 13.7. The van der Waals surface area contributed by atoms with Crippen molar-refractivity contribution in [3.8, 4) is 0 Å². The molecule has 3 aromatic rings. The summed E-state index contributed by atoms with van der Waals surface area (Å²) in [4.78, 5) is 28.3. The zero-order chi connectivity index (χ0) is 27.0. The number of amides is 2. The van der Waals surface area contributed by atoms with Crippen LogP contribution in [0.5, 0.6) is 0 Å². The Kier molecular flexibility index (Phi) is 10.1. The Morgan fingerprint density at radius 1 is 0.892 bits per heavy atom. The lowest BCUT2D eigenvalue weighted by Crippen LogP contribution is -2.53. The SMILES string of the molecule is CCNC(=O)C(Cc1ccccc1)N(Cc1cccc(Cl)c1)C(=O)CN(C)S(=O)(=O)c1ccc(Cl)cc1. The molecule has 0 bridgehead atoms. The van der Waals surface area contributed by atoms with E-state index < -0.39 is 28.5 Å². The third kappa shape index (κ3) is 7.79. The standard InChI is InChI=1S/C27H29Cl2N3O4S/c1-3-30-27(34)25(17-20-8-5-4-6-9-20)32(18-21-10-7-11-23(29)16-21)26(33)19-31(2)37(35,36)24-14-12-22(28)13-15-24/h4-16,25H,3,17-19H2,1-2H3,(H,30,34). The average molecular weight is 563 g/mol. The summed E-state index contributed by atoms with van der Waals surface area (Å²) in [5.41, 5.74) is 1.58. The van der Waals surface area contributed by atoms with Crippen molar-refractivity contribution in [2.45, 2.75) is 30.8 Å². The number of hydrogen-bond donors (Lipinski definition) is 1. The smallest absolute Gasteiger partial charge is 0.243 e. The van der Waals surface area contributed by atoms with Crippen LogP contribution in [0.2, 0.25) is 10.0 Å². The number of benzene rings is 3. The molecule has 0 aromatic heterocycles. The minimum atomic E-state index is -3.97. The summed E-state index contributed by atoms with van der Waals surface area (Å²) in [6.07, 6.45) is 0.257. The monoisotopic (exact) mass is 561 g/mol. The normalized spacial score (nSPS) is 12.2. The molecule has 0 saturated carbocycles. The number of carbonyl (C=O) groups excluding carboxylic acids is 2. The number of carbonyl (C=O) groups is 2. The summed E-state index contributed by atoms with van der Waals surface area (Å²) >= 11 is 12.1. The van der Waals surface area contributed by atoms with Crippen molar-refractivity contribution in [2.75, 3.05) is 20.1 Å². The highest BCUT2D eigenvalue weighted by atomic mass is 35.5. The van der Waals surface area contributed by atoms with Gasteiger partial charge in [0.1, 0.15) is 6.04 Å². The molecule has 3 rings (SSSR count). The Hall–Kier alpha value is -2.91. The van der Waals surface area contributed by atoms with Crippen molar-refractivity contribution < 1.29 is 18.0 Å². The second-order valence-corrected chi connectivity index (χ2v) is 11.4. The van der Waals surface area contributed by atoms with Gasteiger partial charge >= 0.3 is 0 Å². The summed E-state index contributed by atoms with van der Waals surface area (Å²) in [7, 11) is -2.64. The van der Waals surface area contributed by atoms with Crippen LogP contribution < -0.4 is 5.32 Å². The quantitative estimate of drug-likeness (QED) is 0.376. The van der Waals surface area contributed by atoms with Gasteiger partial charge in [-0.3, -0.25) is 9.59 Å². The number of nitrogens with zero attached hydrogens (tertiary/aromatic N) is 2. The molecule has 7 nitrogen and oxygen atoms in total. The molecule has 0 radical (unpaired) electrons. The molecule has 0 saturated heterocycles. The second-order valence-electron chi connectivity index (χ2n) is 8.47. The van der Waals surface area contributed by atoms with Gasteiger partial charge in [0.05, 0.1) is 11.4 Å². The van der Waals surface area contributed by atoms with E-state index in [2.05, 4.69) is 5.32 Å². The van der Waals surface area contributed by atoms with Crippen LogP contribution >= 0.6 is 23.2 Å². The first-order chi connectivity index (χ1) is 17.6. The van der Waals surface area contributed by atoms with Crippen LogP contribution in [0, 0.1) is 0 Å². The highest BCUT2D eigenvalue weighted by Crippen LogP contribution is 2.20. The van der Waals surface area contributed by atoms with Crippen LogP contribution in [0.4, 0.5) is 0 Å². The van der Waals surface area contributed by atoms with Crippen molar-refractivity contribution in [1.82, 2.24) is 14.5 Å². The van der Waals surface area contributed by atoms with Crippen molar-refractivity contribution in [3.05, 3.63) is 100 Å². The first-order valence-electron chi connectivity index (χ1n) is 11.7. The molecular weight excluding hydrogens is 533 g/mol. The van der Waals surface area contributed by atoms with Gasteiger partial charge in [-0.15, -0.1) is 0 Å². The molecule has 0 fully saturated rings. The predicted molar refractivity (Wildman–Crippen MR) is 146 cm³/mol. The van der Waals surface area contributed by atoms with Crippen LogP contribution in [0.25, 0.3) is 0 Å². The molecule has 1 unspecified atom stereocenters. The summed E-state index contributed by atoms with van der Waals surface area (Å²) < 4.78 is 27.2. The summed E-state index contributed by atoms with van der Waals surface area (Å²) in [5.74, 6) is -0.850. The van der Waals surface area contributed by atoms with Gasteiger partial charge in [-0.05, 0) is 54.4 Å². The largest absolute Gasteiger partial charge is 0.355 e. The molecule has 0 aliphatic carbocycles. The van der Waals surface area contributed by atoms with E-state index in [1.165, 1.54) is 36.2 Å². The van der Waals surface area contributed by atoms with E-state index in [1.54, 1.807) is 31.2 Å². The minimum absolute atomic E-state index is 0.0122. The van der Waals surface area contributed by atoms with Crippen LogP contribution in [-0.2, 0) is 32.6 Å². The summed E-state index contributed by atoms with van der Waals surface area (Å²) in [5, 5.41) is 3.70. The van der Waals surface area contributed by atoms with E-state index in [4.69, 9.17) is 23.2 Å². The molecule has 1 N–H and O–H groups in total. The Balaban J connectivity index is 1.95. The second kappa shape index (κ2) is 13.1. The van der Waals surface area contributed by atoms with Crippen LogP contribution in [0.1, 0.15) is 18.1 Å². The first kappa shape index (κ1) is 28.7. The number of rotatable bonds is 11. The van der Waals surface area contributed by atoms with Gasteiger partial charge in [0.25, 0.3) is 0 Å². The highest BCUT2D eigenvalue weighted by molar-refractivity contribution is 7.89. The Morgan fingerprint density at radius 3 is 2.16 bits per heavy atom. The molecule has 0 spiro atoms. The molecule has 0 aliphatic heterocycles. The first-order valence-corrected chi connectivity index (χ1v) is 13.9. The van der Waals surface area contributed by atoms with Gasteiger partial charge in [-0.1, -0.05) is 65.7 Å². The van der Waals surface area contributed by atoms with E-state index in [0.29, 0.717) is 22.2 Å². The Labute approximate surface area is 228 Å². The summed E-state index contributed by atoms with van der Waals surface area (Å²) in [6.45, 7) is 1.79. The van der Waals surface area contributed by atoms with E-state index in [-0.39, 0.29) is 23.8 Å². The Bertz CT molecular complexity index is 1320. The van der Waals surface area contributed by atoms with E-state index in [1.807, 2.05) is 30.3 Å². The van der Waals surface area contributed by atoms with Crippen molar-refractivity contribution in [1.29, 1.82) is 0 Å². The number of sulfonamides is 1. The lowest BCUT2D eigenvalue weighted by molar-refractivity contribution is -0.141. The van der Waals surface area contributed by atoms with Crippen molar-refractivity contribution in [2.24, 2.45) is 0 Å². The van der Waals surface area contributed by atoms with Gasteiger partial charge in [-0.25, -0.2) is 8.42 Å². The number of halogens is 2. The fraction of sp³-hybridized carbons (Fsp3) is 0.259. The van der Waals surface area contributed by atoms with Gasteiger partial charge < -0.3 is 10.2 Å². The fourth-order valence-electron chi connectivity index (χ4n) is 3.83. The number of nitrogens with one attached hydrogen (secondary N) is 1. The van der Waals surface area contributed by atoms with Gasteiger partial charge in [0.15, 0.2) is 0 Å². The number of hydrogen-bond acceptors (Lipinski definition) is 4. The van der Waals surface area contributed by atoms with E-state index >= 15 is 0 Å². The zero-order valence-electron chi connectivity index (χ0n) is 20.6. The fourth-order valence-corrected chi connectivity index (χ4v) is 5.29. The van der Waals surface area contributed by atoms with Crippen molar-refractivity contribution in [3.63, 3.8) is 0 Å². The van der Waals surface area contributed by atoms with Gasteiger partial charge in [-0.2, -0.15) is 4.31 Å². The third-order valence-corrected chi connectivity index (χ3v) is 8.05. The minimum Gasteiger partial charge on any atom is -0.355 e. The molecule has 37 heavy (non-hydrogen) atoms. The highest BCUT2D eigenvalue weighted by Gasteiger charge is 2.32. The maximum absolute atomic E-state index is 13.7. The van der Waals surface area contributed by atoms with Crippen LogP contribution in [0.15, 0.2) is 83.8 Å².